The zero-order valence-corrected chi connectivity index (χ0v) is 16.2. The Morgan fingerprint density at radius 2 is 1.86 bits per heavy atom. The van der Waals surface area contributed by atoms with E-state index in [0.717, 1.165) is 24.9 Å². The van der Waals surface area contributed by atoms with Crippen molar-refractivity contribution in [3.05, 3.63) is 53.1 Å². The van der Waals surface area contributed by atoms with Gasteiger partial charge in [0.15, 0.2) is 11.5 Å². The number of carboxylic acids is 1. The van der Waals surface area contributed by atoms with Crippen molar-refractivity contribution >= 4 is 17.6 Å². The molecule has 0 aliphatic heterocycles. The number of ether oxygens (including phenoxy) is 2. The second kappa shape index (κ2) is 8.78. The van der Waals surface area contributed by atoms with Crippen molar-refractivity contribution in [3.8, 4) is 11.5 Å². The number of benzene rings is 2. The Morgan fingerprint density at radius 3 is 2.57 bits per heavy atom. The average Bonchev–Trinajstić information content (AvgIpc) is 3.19. The van der Waals surface area contributed by atoms with Gasteiger partial charge in [-0.2, -0.15) is 0 Å². The highest BCUT2D eigenvalue weighted by molar-refractivity contribution is 6.07. The SMILES string of the molecule is COc1ccc(C(=O)N(CCCC(=O)O)c2cccc3c2CCC3)cc1OC. The summed E-state index contributed by atoms with van der Waals surface area (Å²) in [6, 6.07) is 11.1. The first kappa shape index (κ1) is 19.7. The molecule has 28 heavy (non-hydrogen) atoms. The van der Waals surface area contributed by atoms with E-state index < -0.39 is 5.97 Å². The summed E-state index contributed by atoms with van der Waals surface area (Å²) in [6.07, 6.45) is 3.42. The number of fused-ring (bicyclic) bond motifs is 1. The van der Waals surface area contributed by atoms with E-state index in [1.807, 2.05) is 12.1 Å². The summed E-state index contributed by atoms with van der Waals surface area (Å²) in [5, 5.41) is 9.00. The van der Waals surface area contributed by atoms with E-state index in [1.165, 1.54) is 18.2 Å². The Labute approximate surface area is 164 Å². The Hall–Kier alpha value is -3.02. The van der Waals surface area contributed by atoms with Crippen LogP contribution in [0.25, 0.3) is 0 Å². The minimum atomic E-state index is -0.864. The van der Waals surface area contributed by atoms with Gasteiger partial charge in [0.25, 0.3) is 5.91 Å². The summed E-state index contributed by atoms with van der Waals surface area (Å²) in [4.78, 5) is 26.0. The third-order valence-corrected chi connectivity index (χ3v) is 5.06. The van der Waals surface area contributed by atoms with Crippen LogP contribution < -0.4 is 14.4 Å². The topological polar surface area (TPSA) is 76.1 Å². The number of hydrogen-bond donors (Lipinski definition) is 1. The van der Waals surface area contributed by atoms with Crippen molar-refractivity contribution in [1.29, 1.82) is 0 Å². The van der Waals surface area contributed by atoms with E-state index in [0.29, 0.717) is 30.0 Å². The fourth-order valence-corrected chi connectivity index (χ4v) is 3.70. The number of amides is 1. The number of nitrogens with zero attached hydrogens (tertiary/aromatic N) is 1. The van der Waals surface area contributed by atoms with Gasteiger partial charge in [0.05, 0.1) is 14.2 Å². The van der Waals surface area contributed by atoms with Crippen molar-refractivity contribution in [1.82, 2.24) is 0 Å². The van der Waals surface area contributed by atoms with Crippen LogP contribution >= 0.6 is 0 Å². The van der Waals surface area contributed by atoms with Crippen LogP contribution in [0.4, 0.5) is 5.69 Å². The fourth-order valence-electron chi connectivity index (χ4n) is 3.70. The van der Waals surface area contributed by atoms with E-state index in [9.17, 15) is 9.59 Å². The normalized spacial score (nSPS) is 12.4. The first-order valence-corrected chi connectivity index (χ1v) is 9.41. The zero-order chi connectivity index (χ0) is 20.1. The van der Waals surface area contributed by atoms with Gasteiger partial charge in [-0.3, -0.25) is 9.59 Å². The number of hydrogen-bond acceptors (Lipinski definition) is 4. The number of aryl methyl sites for hydroxylation is 1. The molecule has 0 atom stereocenters. The number of rotatable bonds is 8. The van der Waals surface area contributed by atoms with E-state index in [1.54, 1.807) is 30.2 Å². The van der Waals surface area contributed by atoms with Gasteiger partial charge < -0.3 is 19.5 Å². The number of anilines is 1. The molecule has 1 amide bonds. The van der Waals surface area contributed by atoms with Gasteiger partial charge in [0.2, 0.25) is 0 Å². The van der Waals surface area contributed by atoms with Crippen molar-refractivity contribution in [2.45, 2.75) is 32.1 Å². The Bertz CT molecular complexity index is 877. The van der Waals surface area contributed by atoms with E-state index in [2.05, 4.69) is 6.07 Å². The largest absolute Gasteiger partial charge is 0.493 e. The summed E-state index contributed by atoms with van der Waals surface area (Å²) < 4.78 is 10.6. The molecule has 3 rings (SSSR count). The van der Waals surface area contributed by atoms with Gasteiger partial charge >= 0.3 is 5.97 Å². The Balaban J connectivity index is 1.96. The molecule has 0 saturated carbocycles. The molecule has 0 saturated heterocycles. The van der Waals surface area contributed by atoms with Gasteiger partial charge in [-0.25, -0.2) is 0 Å². The molecule has 0 aromatic heterocycles. The summed E-state index contributed by atoms with van der Waals surface area (Å²) in [6.45, 7) is 0.343. The third kappa shape index (κ3) is 4.11. The summed E-state index contributed by atoms with van der Waals surface area (Å²) in [5.74, 6) is -0.00217. The predicted molar refractivity (Wildman–Crippen MR) is 107 cm³/mol. The lowest BCUT2D eigenvalue weighted by Crippen LogP contribution is -2.33. The molecule has 0 radical (unpaired) electrons. The van der Waals surface area contributed by atoms with Crippen LogP contribution in [0.3, 0.4) is 0 Å². The molecule has 1 N–H and O–H groups in total. The van der Waals surface area contributed by atoms with Gasteiger partial charge in [-0.1, -0.05) is 12.1 Å². The molecule has 0 heterocycles. The highest BCUT2D eigenvalue weighted by Crippen LogP contribution is 2.34. The number of aliphatic carboxylic acids is 1. The first-order chi connectivity index (χ1) is 13.5. The van der Waals surface area contributed by atoms with Gasteiger partial charge in [0.1, 0.15) is 0 Å². The van der Waals surface area contributed by atoms with Crippen molar-refractivity contribution in [2.75, 3.05) is 25.7 Å². The number of carboxylic acid groups (broad SMARTS) is 1. The Morgan fingerprint density at radius 1 is 1.07 bits per heavy atom. The maximum Gasteiger partial charge on any atom is 0.303 e. The molecule has 6 heteroatoms. The average molecular weight is 383 g/mol. The van der Waals surface area contributed by atoms with Crippen LogP contribution in [0, 0.1) is 0 Å². The molecule has 2 aromatic carbocycles. The fraction of sp³-hybridized carbons (Fsp3) is 0.364. The van der Waals surface area contributed by atoms with Crippen molar-refractivity contribution in [3.63, 3.8) is 0 Å². The molecule has 1 aliphatic rings. The smallest absolute Gasteiger partial charge is 0.303 e. The van der Waals surface area contributed by atoms with E-state index in [-0.39, 0.29) is 12.3 Å². The van der Waals surface area contributed by atoms with Gasteiger partial charge in [0, 0.05) is 24.2 Å². The molecule has 0 unspecified atom stereocenters. The lowest BCUT2D eigenvalue weighted by atomic mass is 10.1. The zero-order valence-electron chi connectivity index (χ0n) is 16.2. The van der Waals surface area contributed by atoms with Crippen molar-refractivity contribution in [2.24, 2.45) is 0 Å². The van der Waals surface area contributed by atoms with E-state index in [4.69, 9.17) is 14.6 Å². The number of methoxy groups -OCH3 is 2. The van der Waals surface area contributed by atoms with Crippen LogP contribution in [0.15, 0.2) is 36.4 Å². The molecule has 6 nitrogen and oxygen atoms in total. The molecule has 0 spiro atoms. The molecule has 148 valence electrons. The summed E-state index contributed by atoms with van der Waals surface area (Å²) in [7, 11) is 3.08. The lowest BCUT2D eigenvalue weighted by Gasteiger charge is -2.25. The molecular weight excluding hydrogens is 358 g/mol. The monoisotopic (exact) mass is 383 g/mol. The lowest BCUT2D eigenvalue weighted by molar-refractivity contribution is -0.137. The van der Waals surface area contributed by atoms with Gasteiger partial charge in [-0.05, 0) is 61.1 Å². The van der Waals surface area contributed by atoms with Crippen molar-refractivity contribution < 1.29 is 24.2 Å². The van der Waals surface area contributed by atoms with Gasteiger partial charge in [-0.15, -0.1) is 0 Å². The Kier molecular flexibility index (Phi) is 6.19. The molecule has 0 fully saturated rings. The van der Waals surface area contributed by atoms with E-state index >= 15 is 0 Å². The van der Waals surface area contributed by atoms with Crippen LogP contribution in [0.2, 0.25) is 0 Å². The summed E-state index contributed by atoms with van der Waals surface area (Å²) in [5.41, 5.74) is 3.80. The second-order valence-corrected chi connectivity index (χ2v) is 6.79. The predicted octanol–water partition coefficient (Wildman–Crippen LogP) is 3.70. The van der Waals surface area contributed by atoms with Crippen LogP contribution in [-0.2, 0) is 17.6 Å². The maximum absolute atomic E-state index is 13.4. The minimum Gasteiger partial charge on any atom is -0.493 e. The minimum absolute atomic E-state index is 0.0186. The van der Waals surface area contributed by atoms with Crippen LogP contribution in [0.1, 0.15) is 40.7 Å². The quantitative estimate of drug-likeness (QED) is 0.752. The molecule has 1 aliphatic carbocycles. The maximum atomic E-state index is 13.4. The van der Waals surface area contributed by atoms with Crippen LogP contribution in [-0.4, -0.2) is 37.7 Å². The molecular formula is C22H25NO5. The highest BCUT2D eigenvalue weighted by atomic mass is 16.5. The highest BCUT2D eigenvalue weighted by Gasteiger charge is 2.24. The molecule has 2 aromatic rings. The number of carbonyl (C=O) groups is 2. The standard InChI is InChI=1S/C22H25NO5/c1-27-19-12-11-16(14-20(19)28-2)22(26)23(13-5-10-21(24)25)18-9-4-7-15-6-3-8-17(15)18/h4,7,9,11-12,14H,3,5-6,8,10,13H2,1-2H3,(H,24,25). The second-order valence-electron chi connectivity index (χ2n) is 6.79. The summed E-state index contributed by atoms with van der Waals surface area (Å²) >= 11 is 0. The van der Waals surface area contributed by atoms with Crippen LogP contribution in [0.5, 0.6) is 11.5 Å². The molecule has 0 bridgehead atoms. The number of carbonyl (C=O) groups excluding carboxylic acids is 1. The third-order valence-electron chi connectivity index (χ3n) is 5.06. The first-order valence-electron chi connectivity index (χ1n) is 9.41.